The number of hydrogen-bond donors (Lipinski definition) is 0. The molecule has 52 heavy (non-hydrogen) atoms. The third-order valence-electron chi connectivity index (χ3n) is 9.24. The van der Waals surface area contributed by atoms with Crippen LogP contribution in [0, 0.1) is 0 Å². The Kier molecular flexibility index (Phi) is 11.1. The zero-order valence-corrected chi connectivity index (χ0v) is 30.9. The van der Waals surface area contributed by atoms with Crippen molar-refractivity contribution < 1.29 is 9.05 Å². The molecule has 0 spiro atoms. The minimum atomic E-state index is -3.07. The fourth-order valence-corrected chi connectivity index (χ4v) is 13.8. The van der Waals surface area contributed by atoms with Crippen LogP contribution in [0.4, 0.5) is 0 Å². The molecule has 0 amide bonds. The number of oxime groups is 2. The van der Waals surface area contributed by atoms with Gasteiger partial charge in [-0.15, -0.1) is 10.3 Å². The Balaban J connectivity index is 1.29. The summed E-state index contributed by atoms with van der Waals surface area (Å²) in [7, 11) is -6.08. The summed E-state index contributed by atoms with van der Waals surface area (Å²) < 4.78 is 13.9. The van der Waals surface area contributed by atoms with Crippen molar-refractivity contribution in [2.24, 2.45) is 10.3 Å². The van der Waals surface area contributed by atoms with Crippen molar-refractivity contribution >= 4 is 59.7 Å². The quantitative estimate of drug-likeness (QED) is 0.0574. The lowest BCUT2D eigenvalue weighted by Gasteiger charge is -2.30. The zero-order chi connectivity index (χ0) is 35.3. The summed E-state index contributed by atoms with van der Waals surface area (Å²) in [5.41, 5.74) is 2.00. The van der Waals surface area contributed by atoms with E-state index < -0.39 is 16.6 Å². The molecule has 7 aromatic carbocycles. The third kappa shape index (κ3) is 7.49. The van der Waals surface area contributed by atoms with Gasteiger partial charge in [0.1, 0.15) is 0 Å². The first-order valence-electron chi connectivity index (χ1n) is 17.6. The molecular formula is C46H40N2O2Si2. The molecule has 4 nitrogen and oxygen atoms in total. The van der Waals surface area contributed by atoms with Gasteiger partial charge in [0.25, 0.3) is 0 Å². The van der Waals surface area contributed by atoms with Crippen molar-refractivity contribution in [3.05, 3.63) is 218 Å². The van der Waals surface area contributed by atoms with E-state index >= 15 is 0 Å². The maximum atomic E-state index is 7.06. The summed E-state index contributed by atoms with van der Waals surface area (Å²) in [5.74, 6) is 0. The molecule has 0 fully saturated rings. The predicted molar refractivity (Wildman–Crippen MR) is 221 cm³/mol. The van der Waals surface area contributed by atoms with Crippen LogP contribution < -0.4 is 31.1 Å². The smallest absolute Gasteiger partial charge is 0.380 e. The van der Waals surface area contributed by atoms with Crippen LogP contribution in [0.1, 0.15) is 12.0 Å². The van der Waals surface area contributed by atoms with Crippen molar-refractivity contribution in [3.63, 3.8) is 0 Å². The van der Waals surface area contributed by atoms with Gasteiger partial charge in [0.15, 0.2) is 0 Å². The molecule has 7 aromatic rings. The van der Waals surface area contributed by atoms with Crippen LogP contribution in [0.25, 0.3) is 0 Å². The van der Waals surface area contributed by atoms with E-state index in [0.29, 0.717) is 12.8 Å². The monoisotopic (exact) mass is 708 g/mol. The first kappa shape index (κ1) is 34.4. The van der Waals surface area contributed by atoms with E-state index in [9.17, 15) is 0 Å². The summed E-state index contributed by atoms with van der Waals surface area (Å²) in [6.45, 7) is 0. The van der Waals surface area contributed by atoms with Crippen LogP contribution in [0.2, 0.25) is 0 Å². The summed E-state index contributed by atoms with van der Waals surface area (Å²) in [6, 6.07) is 73.4. The summed E-state index contributed by atoms with van der Waals surface area (Å²) in [6.07, 6.45) is 2.90. The van der Waals surface area contributed by atoms with E-state index in [0.717, 1.165) is 42.4 Å². The Labute approximate surface area is 308 Å². The van der Waals surface area contributed by atoms with E-state index in [1.807, 2.05) is 48.7 Å². The maximum absolute atomic E-state index is 7.06. The molecule has 0 bridgehead atoms. The van der Waals surface area contributed by atoms with Crippen LogP contribution in [0.15, 0.2) is 223 Å². The molecule has 0 heterocycles. The Bertz CT molecular complexity index is 1980. The van der Waals surface area contributed by atoms with Crippen molar-refractivity contribution in [1.29, 1.82) is 0 Å². The Morgan fingerprint density at radius 2 is 0.673 bits per heavy atom. The summed E-state index contributed by atoms with van der Waals surface area (Å²) in [4.78, 5) is 0. The molecule has 0 aliphatic heterocycles. The van der Waals surface area contributed by atoms with Crippen molar-refractivity contribution in [2.75, 3.05) is 0 Å². The van der Waals surface area contributed by atoms with E-state index in [1.54, 1.807) is 0 Å². The highest BCUT2D eigenvalue weighted by Gasteiger charge is 2.46. The summed E-state index contributed by atoms with van der Waals surface area (Å²) in [5, 5.41) is 16.6. The largest absolute Gasteiger partial charge is 0.438 e. The number of rotatable bonds is 14. The molecule has 0 saturated carbocycles. The van der Waals surface area contributed by atoms with Crippen molar-refractivity contribution in [2.45, 2.75) is 12.8 Å². The predicted octanol–water partition coefficient (Wildman–Crippen LogP) is 6.33. The van der Waals surface area contributed by atoms with Crippen molar-refractivity contribution in [1.82, 2.24) is 0 Å². The topological polar surface area (TPSA) is 43.2 Å². The molecule has 6 heteroatoms. The van der Waals surface area contributed by atoms with Crippen LogP contribution in [0.3, 0.4) is 0 Å². The lowest BCUT2D eigenvalue weighted by molar-refractivity contribution is 0.345. The van der Waals surface area contributed by atoms with Gasteiger partial charge in [-0.1, -0.05) is 212 Å². The number of nitrogens with zero attached hydrogens (tertiary/aromatic N) is 2. The first-order valence-corrected chi connectivity index (χ1v) is 21.4. The first-order chi connectivity index (χ1) is 25.8. The second kappa shape index (κ2) is 16.7. The Morgan fingerprint density at radius 3 is 1.00 bits per heavy atom. The number of hydrogen-bond acceptors (Lipinski definition) is 4. The molecule has 0 aliphatic carbocycles. The minimum absolute atomic E-state index is 0.445. The number of benzene rings is 7. The average Bonchev–Trinajstić information content (AvgIpc) is 3.23. The van der Waals surface area contributed by atoms with E-state index in [2.05, 4.69) is 170 Å². The molecule has 0 aliphatic rings. The standard InChI is InChI=1S/C46H40N2O2Si2/c1-8-22-39(23-9-1)38-40(48-50-52(44-30-16-5-17-31-44,45-32-18-6-19-33-45)46-34-20-7-21-35-46)36-37-47-49-51(41-24-10-2-11-25-41,42-26-12-3-13-27-42)43-28-14-4-15-29-43/h1-35,37H,36,38H2. The average molecular weight is 709 g/mol. The molecule has 7 rings (SSSR count). The van der Waals surface area contributed by atoms with Crippen LogP contribution in [-0.2, 0) is 15.5 Å². The van der Waals surface area contributed by atoms with Gasteiger partial charge in [0, 0.05) is 19.1 Å². The molecular weight excluding hydrogens is 669 g/mol. The molecule has 0 saturated heterocycles. The zero-order valence-electron chi connectivity index (χ0n) is 28.9. The van der Waals surface area contributed by atoms with Gasteiger partial charge in [-0.2, -0.15) is 0 Å². The molecule has 254 valence electrons. The van der Waals surface area contributed by atoms with Gasteiger partial charge in [-0.3, -0.25) is 0 Å². The second-order valence-corrected chi connectivity index (χ2v) is 19.1. The SMILES string of the molecule is C(CC(Cc1ccccc1)=NO[Si](c1ccccc1)(c1ccccc1)c1ccccc1)=NO[Si](c1ccccc1)(c1ccccc1)c1ccccc1. The van der Waals surface area contributed by atoms with Gasteiger partial charge in [0.2, 0.25) is 0 Å². The third-order valence-corrected chi connectivity index (χ3v) is 16.9. The second-order valence-electron chi connectivity index (χ2n) is 12.6. The van der Waals surface area contributed by atoms with Gasteiger partial charge >= 0.3 is 16.6 Å². The van der Waals surface area contributed by atoms with Crippen LogP contribution >= 0.6 is 0 Å². The molecule has 0 N–H and O–H groups in total. The highest BCUT2D eigenvalue weighted by Crippen LogP contribution is 2.14. The minimum Gasteiger partial charge on any atom is -0.438 e. The fourth-order valence-electron chi connectivity index (χ4n) is 6.72. The van der Waals surface area contributed by atoms with Gasteiger partial charge in [0.05, 0.1) is 5.71 Å². The highest BCUT2D eigenvalue weighted by atomic mass is 28.4. The molecule has 0 unspecified atom stereocenters. The van der Waals surface area contributed by atoms with Crippen molar-refractivity contribution in [3.8, 4) is 0 Å². The van der Waals surface area contributed by atoms with Crippen LogP contribution in [0.5, 0.6) is 0 Å². The van der Waals surface area contributed by atoms with Gasteiger partial charge < -0.3 is 9.05 Å². The van der Waals surface area contributed by atoms with E-state index in [1.165, 1.54) is 0 Å². The van der Waals surface area contributed by atoms with Gasteiger partial charge in [-0.25, -0.2) is 0 Å². The maximum Gasteiger partial charge on any atom is 0.380 e. The van der Waals surface area contributed by atoms with E-state index in [-0.39, 0.29) is 0 Å². The van der Waals surface area contributed by atoms with Gasteiger partial charge in [-0.05, 0) is 36.7 Å². The Hall–Kier alpha value is -6.09. The molecule has 0 aromatic heterocycles. The Morgan fingerprint density at radius 1 is 0.385 bits per heavy atom. The lowest BCUT2D eigenvalue weighted by atomic mass is 10.1. The summed E-state index contributed by atoms with van der Waals surface area (Å²) >= 11 is 0. The lowest BCUT2D eigenvalue weighted by Crippen LogP contribution is -2.68. The fraction of sp³-hybridized carbons (Fsp3) is 0.0435. The van der Waals surface area contributed by atoms with E-state index in [4.69, 9.17) is 19.4 Å². The van der Waals surface area contributed by atoms with Crippen LogP contribution in [-0.4, -0.2) is 28.6 Å². The normalized spacial score (nSPS) is 12.0. The molecule has 0 radical (unpaired) electrons. The highest BCUT2D eigenvalue weighted by molar-refractivity contribution is 7.07. The molecule has 0 atom stereocenters.